The Morgan fingerprint density at radius 2 is 1.77 bits per heavy atom. The van der Waals surface area contributed by atoms with E-state index in [1.807, 2.05) is 0 Å². The molecule has 30 heavy (non-hydrogen) atoms. The van der Waals surface area contributed by atoms with E-state index in [2.05, 4.69) is 5.32 Å². The Hall–Kier alpha value is -2.07. The smallest absolute Gasteiger partial charge is 0.246 e. The number of rotatable bonds is 9. The maximum absolute atomic E-state index is 14.6. The summed E-state index contributed by atoms with van der Waals surface area (Å²) in [7, 11) is -1.74. The summed E-state index contributed by atoms with van der Waals surface area (Å²) in [6.07, 6.45) is 0.402. The number of amides is 1. The predicted octanol–water partition coefficient (Wildman–Crippen LogP) is 4.19. The van der Waals surface area contributed by atoms with Gasteiger partial charge in [-0.1, -0.05) is 30.1 Å². The lowest BCUT2D eigenvalue weighted by atomic mass is 10.3. The van der Waals surface area contributed by atoms with Crippen molar-refractivity contribution in [2.45, 2.75) is 18.2 Å². The van der Waals surface area contributed by atoms with Gasteiger partial charge < -0.3 is 14.8 Å². The summed E-state index contributed by atoms with van der Waals surface area (Å²) < 4.78 is 51.7. The minimum atomic E-state index is -4.35. The van der Waals surface area contributed by atoms with Crippen LogP contribution in [0.1, 0.15) is 13.3 Å². The molecule has 11 heteroatoms. The van der Waals surface area contributed by atoms with Crippen molar-refractivity contribution in [1.29, 1.82) is 0 Å². The number of benzene rings is 2. The predicted molar refractivity (Wildman–Crippen MR) is 114 cm³/mol. The zero-order chi connectivity index (χ0) is 22.5. The Morgan fingerprint density at radius 3 is 2.37 bits per heavy atom. The van der Waals surface area contributed by atoms with Crippen LogP contribution in [-0.4, -0.2) is 45.9 Å². The van der Waals surface area contributed by atoms with Crippen molar-refractivity contribution in [2.75, 3.05) is 32.6 Å². The number of sulfonamides is 1. The van der Waals surface area contributed by atoms with Crippen molar-refractivity contribution in [2.24, 2.45) is 0 Å². The Bertz CT molecular complexity index is 1030. The second-order valence-electron chi connectivity index (χ2n) is 6.15. The molecule has 2 rings (SSSR count). The summed E-state index contributed by atoms with van der Waals surface area (Å²) in [4.78, 5) is 11.9. The van der Waals surface area contributed by atoms with Crippen LogP contribution in [0.4, 0.5) is 10.1 Å². The van der Waals surface area contributed by atoms with E-state index in [0.717, 1.165) is 16.4 Å². The molecule has 0 unspecified atom stereocenters. The van der Waals surface area contributed by atoms with E-state index in [1.165, 1.54) is 26.4 Å². The Morgan fingerprint density at radius 1 is 1.13 bits per heavy atom. The molecular weight excluding hydrogens is 458 g/mol. The number of methoxy groups -OCH3 is 2. The van der Waals surface area contributed by atoms with E-state index in [-0.39, 0.29) is 28.8 Å². The molecular formula is C19H21Cl2FN2O5S. The number of carbonyl (C=O) groups excluding carboxylic acids is 1. The molecule has 2 aromatic rings. The third-order valence-electron chi connectivity index (χ3n) is 4.05. The van der Waals surface area contributed by atoms with Gasteiger partial charge in [-0.25, -0.2) is 12.8 Å². The third-order valence-corrected chi connectivity index (χ3v) is 6.48. The molecule has 0 spiro atoms. The second kappa shape index (κ2) is 10.3. The largest absolute Gasteiger partial charge is 0.493 e. The number of carbonyl (C=O) groups is 1. The van der Waals surface area contributed by atoms with Gasteiger partial charge in [0.1, 0.15) is 10.7 Å². The Kier molecular flexibility index (Phi) is 8.31. The summed E-state index contributed by atoms with van der Waals surface area (Å²) in [6, 6.07) is 6.43. The molecule has 0 fully saturated rings. The first-order chi connectivity index (χ1) is 14.1. The number of hydrogen-bond acceptors (Lipinski definition) is 5. The fourth-order valence-electron chi connectivity index (χ4n) is 2.65. The standard InChI is InChI=1S/C19H21Cl2FN2O5S/c1-4-7-24(11-19(25)23-15-8-12(20)5-6-13(15)21)30(26,27)18-10-17(29-3)16(28-2)9-14(18)22/h5-6,8-10H,4,7,11H2,1-3H3,(H,23,25). The van der Waals surface area contributed by atoms with E-state index < -0.39 is 33.2 Å². The lowest BCUT2D eigenvalue weighted by Crippen LogP contribution is -2.39. The highest BCUT2D eigenvalue weighted by molar-refractivity contribution is 7.89. The molecule has 0 aliphatic heterocycles. The Balaban J connectivity index is 2.34. The molecule has 164 valence electrons. The lowest BCUT2D eigenvalue weighted by molar-refractivity contribution is -0.116. The lowest BCUT2D eigenvalue weighted by Gasteiger charge is -2.22. The van der Waals surface area contributed by atoms with Gasteiger partial charge >= 0.3 is 0 Å². The van der Waals surface area contributed by atoms with Crippen LogP contribution in [0.5, 0.6) is 11.5 Å². The van der Waals surface area contributed by atoms with Gasteiger partial charge in [-0.2, -0.15) is 4.31 Å². The highest BCUT2D eigenvalue weighted by Gasteiger charge is 2.30. The monoisotopic (exact) mass is 478 g/mol. The number of halogens is 3. The molecule has 7 nitrogen and oxygen atoms in total. The first-order valence-corrected chi connectivity index (χ1v) is 11.0. The van der Waals surface area contributed by atoms with Gasteiger partial charge in [-0.15, -0.1) is 0 Å². The number of nitrogens with zero attached hydrogens (tertiary/aromatic N) is 1. The van der Waals surface area contributed by atoms with Crippen LogP contribution < -0.4 is 14.8 Å². The number of nitrogens with one attached hydrogen (secondary N) is 1. The van der Waals surface area contributed by atoms with Crippen LogP contribution in [-0.2, 0) is 14.8 Å². The maximum atomic E-state index is 14.6. The first-order valence-electron chi connectivity index (χ1n) is 8.80. The molecule has 0 heterocycles. The normalized spacial score (nSPS) is 11.4. The highest BCUT2D eigenvalue weighted by atomic mass is 35.5. The maximum Gasteiger partial charge on any atom is 0.246 e. The van der Waals surface area contributed by atoms with Gasteiger partial charge in [0.05, 0.1) is 31.5 Å². The molecule has 1 amide bonds. The molecule has 0 saturated heterocycles. The van der Waals surface area contributed by atoms with E-state index in [0.29, 0.717) is 11.4 Å². The van der Waals surface area contributed by atoms with Gasteiger partial charge in [0.25, 0.3) is 0 Å². The summed E-state index contributed by atoms with van der Waals surface area (Å²) in [5, 5.41) is 3.11. The van der Waals surface area contributed by atoms with Gasteiger partial charge in [0, 0.05) is 23.7 Å². The number of ether oxygens (including phenoxy) is 2. The Labute approximate surface area is 184 Å². The molecule has 0 radical (unpaired) electrons. The molecule has 0 aromatic heterocycles. The fourth-order valence-corrected chi connectivity index (χ4v) is 4.54. The molecule has 0 aliphatic rings. The summed E-state index contributed by atoms with van der Waals surface area (Å²) in [6.45, 7) is 1.18. The van der Waals surface area contributed by atoms with Crippen LogP contribution in [0.25, 0.3) is 0 Å². The van der Waals surface area contributed by atoms with E-state index in [1.54, 1.807) is 13.0 Å². The summed E-state index contributed by atoms with van der Waals surface area (Å²) in [5.74, 6) is -1.59. The van der Waals surface area contributed by atoms with Gasteiger partial charge in [0.15, 0.2) is 11.5 Å². The van der Waals surface area contributed by atoms with Gasteiger partial charge in [-0.05, 0) is 24.6 Å². The van der Waals surface area contributed by atoms with Crippen molar-refractivity contribution in [3.05, 3.63) is 46.2 Å². The second-order valence-corrected chi connectivity index (χ2v) is 8.90. The molecule has 0 bridgehead atoms. The minimum Gasteiger partial charge on any atom is -0.493 e. The molecule has 0 saturated carbocycles. The summed E-state index contributed by atoms with van der Waals surface area (Å²) in [5.41, 5.74) is 0.236. The highest BCUT2D eigenvalue weighted by Crippen LogP contribution is 2.33. The third kappa shape index (κ3) is 5.54. The van der Waals surface area contributed by atoms with Crippen molar-refractivity contribution in [3.8, 4) is 11.5 Å². The van der Waals surface area contributed by atoms with Crippen LogP contribution >= 0.6 is 23.2 Å². The topological polar surface area (TPSA) is 84.9 Å². The molecule has 0 atom stereocenters. The summed E-state index contributed by atoms with van der Waals surface area (Å²) >= 11 is 11.9. The minimum absolute atomic E-state index is 0.00713. The van der Waals surface area contributed by atoms with Gasteiger partial charge in [-0.3, -0.25) is 4.79 Å². The van der Waals surface area contributed by atoms with E-state index in [4.69, 9.17) is 32.7 Å². The van der Waals surface area contributed by atoms with Crippen LogP contribution in [0.3, 0.4) is 0 Å². The SMILES string of the molecule is CCCN(CC(=O)Nc1cc(Cl)ccc1Cl)S(=O)(=O)c1cc(OC)c(OC)cc1F. The fraction of sp³-hybridized carbons (Fsp3) is 0.316. The zero-order valence-corrected chi connectivity index (χ0v) is 18.9. The molecule has 2 aromatic carbocycles. The van der Waals surface area contributed by atoms with Crippen LogP contribution in [0.2, 0.25) is 10.0 Å². The number of anilines is 1. The van der Waals surface area contributed by atoms with Crippen molar-refractivity contribution >= 4 is 44.8 Å². The number of hydrogen-bond donors (Lipinski definition) is 1. The zero-order valence-electron chi connectivity index (χ0n) is 16.5. The van der Waals surface area contributed by atoms with E-state index >= 15 is 0 Å². The average molecular weight is 479 g/mol. The first kappa shape index (κ1) is 24.2. The van der Waals surface area contributed by atoms with Gasteiger partial charge in [0.2, 0.25) is 15.9 Å². The van der Waals surface area contributed by atoms with Crippen molar-refractivity contribution in [1.82, 2.24) is 4.31 Å². The van der Waals surface area contributed by atoms with Crippen LogP contribution in [0, 0.1) is 5.82 Å². The van der Waals surface area contributed by atoms with E-state index in [9.17, 15) is 17.6 Å². The van der Waals surface area contributed by atoms with Crippen molar-refractivity contribution in [3.63, 3.8) is 0 Å². The van der Waals surface area contributed by atoms with Crippen molar-refractivity contribution < 1.29 is 27.1 Å². The average Bonchev–Trinajstić information content (AvgIpc) is 2.69. The molecule has 1 N–H and O–H groups in total. The quantitative estimate of drug-likeness (QED) is 0.583. The molecule has 0 aliphatic carbocycles. The van der Waals surface area contributed by atoms with Crippen LogP contribution in [0.15, 0.2) is 35.2 Å².